The molecular formula is C12H19ClINO. The molecule has 1 rings (SSSR count). The zero-order chi connectivity index (χ0) is 11.6. The number of aliphatic hydroxyl groups is 1. The quantitative estimate of drug-likeness (QED) is 0.801. The predicted molar refractivity (Wildman–Crippen MR) is 78.8 cm³/mol. The van der Waals surface area contributed by atoms with Crippen molar-refractivity contribution in [2.24, 2.45) is 11.1 Å². The van der Waals surface area contributed by atoms with Crippen LogP contribution in [0.25, 0.3) is 0 Å². The molecule has 4 heteroatoms. The highest BCUT2D eigenvalue weighted by molar-refractivity contribution is 14.1. The first-order chi connectivity index (χ1) is 6.82. The summed E-state index contributed by atoms with van der Waals surface area (Å²) in [6.07, 6.45) is -0.532. The lowest BCUT2D eigenvalue weighted by Crippen LogP contribution is -2.36. The average molecular weight is 356 g/mol. The van der Waals surface area contributed by atoms with E-state index in [1.165, 1.54) is 0 Å². The van der Waals surface area contributed by atoms with E-state index in [4.69, 9.17) is 5.73 Å². The van der Waals surface area contributed by atoms with Crippen LogP contribution in [0.1, 0.15) is 32.4 Å². The second kappa shape index (κ2) is 6.19. The summed E-state index contributed by atoms with van der Waals surface area (Å²) in [6, 6.07) is 7.63. The van der Waals surface area contributed by atoms with Crippen LogP contribution in [0, 0.1) is 8.99 Å². The van der Waals surface area contributed by atoms with Crippen LogP contribution in [0.15, 0.2) is 24.3 Å². The van der Waals surface area contributed by atoms with Gasteiger partial charge in [-0.3, -0.25) is 0 Å². The van der Waals surface area contributed by atoms with Crippen molar-refractivity contribution >= 4 is 35.0 Å². The minimum atomic E-state index is -0.532. The van der Waals surface area contributed by atoms with Gasteiger partial charge >= 0.3 is 0 Å². The molecule has 0 spiro atoms. The predicted octanol–water partition coefficient (Wildman–Crippen LogP) is 3.12. The number of hydrogen-bond donors (Lipinski definition) is 2. The maximum Gasteiger partial charge on any atom is 0.0780 e. The van der Waals surface area contributed by atoms with Crippen LogP contribution in [-0.4, -0.2) is 11.2 Å². The monoisotopic (exact) mass is 355 g/mol. The number of nitrogens with two attached hydrogens (primary N) is 1. The van der Waals surface area contributed by atoms with Crippen LogP contribution in [0.4, 0.5) is 0 Å². The van der Waals surface area contributed by atoms with Gasteiger partial charge in [0.1, 0.15) is 0 Å². The van der Waals surface area contributed by atoms with Gasteiger partial charge in [0.05, 0.1) is 12.1 Å². The van der Waals surface area contributed by atoms with Gasteiger partial charge in [-0.1, -0.05) is 32.9 Å². The lowest BCUT2D eigenvalue weighted by atomic mass is 9.82. The van der Waals surface area contributed by atoms with Crippen molar-refractivity contribution in [3.05, 3.63) is 33.4 Å². The Bertz CT molecular complexity index is 338. The largest absolute Gasteiger partial charge is 0.391 e. The zero-order valence-corrected chi connectivity index (χ0v) is 12.7. The molecule has 1 aromatic rings. The Balaban J connectivity index is 0.00000225. The van der Waals surface area contributed by atoms with Crippen LogP contribution >= 0.6 is 35.0 Å². The third-order valence-corrected chi connectivity index (χ3v) is 3.13. The molecule has 0 aliphatic rings. The first kappa shape index (κ1) is 16.2. The first-order valence-electron chi connectivity index (χ1n) is 5.01. The number of aliphatic hydroxyl groups excluding tert-OH is 1. The van der Waals surface area contributed by atoms with E-state index in [2.05, 4.69) is 22.6 Å². The molecule has 0 saturated carbocycles. The number of benzene rings is 1. The molecule has 0 aliphatic heterocycles. The topological polar surface area (TPSA) is 46.2 Å². The maximum absolute atomic E-state index is 10.1. The van der Waals surface area contributed by atoms with Gasteiger partial charge in [0.15, 0.2) is 0 Å². The highest BCUT2D eigenvalue weighted by Gasteiger charge is 2.28. The smallest absolute Gasteiger partial charge is 0.0780 e. The molecule has 0 fully saturated rings. The summed E-state index contributed by atoms with van der Waals surface area (Å²) < 4.78 is 1.14. The van der Waals surface area contributed by atoms with E-state index in [1.807, 2.05) is 45.0 Å². The molecule has 0 heterocycles. The Kier molecular flexibility index (Phi) is 6.25. The van der Waals surface area contributed by atoms with Gasteiger partial charge in [0.25, 0.3) is 0 Å². The Morgan fingerprint density at radius 3 is 2.31 bits per heavy atom. The van der Waals surface area contributed by atoms with Gasteiger partial charge in [0.2, 0.25) is 0 Å². The van der Waals surface area contributed by atoms with Gasteiger partial charge in [0, 0.05) is 3.57 Å². The molecule has 0 radical (unpaired) electrons. The van der Waals surface area contributed by atoms with Crippen LogP contribution in [0.2, 0.25) is 0 Å². The lowest BCUT2D eigenvalue weighted by Gasteiger charge is -2.31. The van der Waals surface area contributed by atoms with Crippen molar-refractivity contribution in [1.29, 1.82) is 0 Å². The van der Waals surface area contributed by atoms with Crippen molar-refractivity contribution < 1.29 is 5.11 Å². The highest BCUT2D eigenvalue weighted by atomic mass is 127. The third-order valence-electron chi connectivity index (χ3n) is 2.46. The Labute approximate surface area is 117 Å². The second-order valence-corrected chi connectivity index (χ2v) is 6.14. The van der Waals surface area contributed by atoms with Gasteiger partial charge in [-0.25, -0.2) is 0 Å². The van der Waals surface area contributed by atoms with Crippen molar-refractivity contribution in [3.63, 3.8) is 0 Å². The van der Waals surface area contributed by atoms with E-state index in [0.717, 1.165) is 9.13 Å². The fourth-order valence-corrected chi connectivity index (χ4v) is 2.00. The van der Waals surface area contributed by atoms with E-state index in [9.17, 15) is 5.11 Å². The Hall–Kier alpha value is 0.160. The summed E-state index contributed by atoms with van der Waals surface area (Å²) >= 11 is 2.25. The van der Waals surface area contributed by atoms with Gasteiger partial charge in [-0.2, -0.15) is 0 Å². The van der Waals surface area contributed by atoms with Gasteiger partial charge in [-0.05, 0) is 45.7 Å². The summed E-state index contributed by atoms with van der Waals surface area (Å²) in [5, 5.41) is 10.1. The van der Waals surface area contributed by atoms with Crippen LogP contribution in [0.5, 0.6) is 0 Å². The summed E-state index contributed by atoms with van der Waals surface area (Å²) in [7, 11) is 0. The normalized spacial score (nSPS) is 15.1. The van der Waals surface area contributed by atoms with Crippen LogP contribution < -0.4 is 5.73 Å². The molecule has 0 aromatic heterocycles. The standard InChI is InChI=1S/C12H18INO.ClH/c1-12(2,3)11(15)10(14)8-5-4-6-9(13)7-8;/h4-7,10-11,15H,14H2,1-3H3;1H/t10-,11-;/m0./s1. The fourth-order valence-electron chi connectivity index (χ4n) is 1.43. The number of rotatable bonds is 2. The SMILES string of the molecule is CC(C)(C)[C@@H](O)[C@@H](N)c1cccc(I)c1.Cl. The third kappa shape index (κ3) is 4.20. The number of halogens is 2. The summed E-state index contributed by atoms with van der Waals surface area (Å²) in [5.41, 5.74) is 6.84. The van der Waals surface area contributed by atoms with Crippen LogP contribution in [0.3, 0.4) is 0 Å². The molecule has 0 aliphatic carbocycles. The molecule has 0 saturated heterocycles. The summed E-state index contributed by atoms with van der Waals surface area (Å²) in [4.78, 5) is 0. The van der Waals surface area contributed by atoms with E-state index < -0.39 is 6.10 Å². The molecule has 0 bridgehead atoms. The van der Waals surface area contributed by atoms with E-state index in [-0.39, 0.29) is 23.9 Å². The zero-order valence-electron chi connectivity index (χ0n) is 9.77. The summed E-state index contributed by atoms with van der Waals surface area (Å²) in [5.74, 6) is 0. The molecule has 16 heavy (non-hydrogen) atoms. The minimum absolute atomic E-state index is 0. The minimum Gasteiger partial charge on any atom is -0.391 e. The van der Waals surface area contributed by atoms with E-state index in [0.29, 0.717) is 0 Å². The highest BCUT2D eigenvalue weighted by Crippen LogP contribution is 2.28. The van der Waals surface area contributed by atoms with E-state index in [1.54, 1.807) is 0 Å². The molecule has 2 atom stereocenters. The molecule has 0 unspecified atom stereocenters. The molecule has 92 valence electrons. The Morgan fingerprint density at radius 2 is 1.88 bits per heavy atom. The summed E-state index contributed by atoms with van der Waals surface area (Å²) in [6.45, 7) is 5.97. The molecular weight excluding hydrogens is 336 g/mol. The molecule has 3 N–H and O–H groups in total. The maximum atomic E-state index is 10.1. The molecule has 0 amide bonds. The van der Waals surface area contributed by atoms with Crippen molar-refractivity contribution in [1.82, 2.24) is 0 Å². The fraction of sp³-hybridized carbons (Fsp3) is 0.500. The van der Waals surface area contributed by atoms with E-state index >= 15 is 0 Å². The van der Waals surface area contributed by atoms with Crippen LogP contribution in [-0.2, 0) is 0 Å². The Morgan fingerprint density at radius 1 is 1.31 bits per heavy atom. The molecule has 2 nitrogen and oxygen atoms in total. The van der Waals surface area contributed by atoms with Crippen molar-refractivity contribution in [2.45, 2.75) is 32.9 Å². The average Bonchev–Trinajstić information content (AvgIpc) is 2.14. The van der Waals surface area contributed by atoms with Gasteiger partial charge in [-0.15, -0.1) is 12.4 Å². The number of hydrogen-bond acceptors (Lipinski definition) is 2. The van der Waals surface area contributed by atoms with Gasteiger partial charge < -0.3 is 10.8 Å². The molecule has 1 aromatic carbocycles. The van der Waals surface area contributed by atoms with Crippen molar-refractivity contribution in [2.75, 3.05) is 0 Å². The second-order valence-electron chi connectivity index (χ2n) is 4.89. The van der Waals surface area contributed by atoms with Crippen molar-refractivity contribution in [3.8, 4) is 0 Å². The lowest BCUT2D eigenvalue weighted by molar-refractivity contribution is 0.0401. The first-order valence-corrected chi connectivity index (χ1v) is 6.09.